The Labute approximate surface area is 148 Å². The van der Waals surface area contributed by atoms with E-state index in [1.165, 1.54) is 5.56 Å². The van der Waals surface area contributed by atoms with Crippen molar-refractivity contribution >= 4 is 17.0 Å². The van der Waals surface area contributed by atoms with E-state index < -0.39 is 0 Å². The smallest absolute Gasteiger partial charge is 0.222 e. The molecule has 0 radical (unpaired) electrons. The number of aryl methyl sites for hydroxylation is 3. The van der Waals surface area contributed by atoms with E-state index in [4.69, 9.17) is 10.5 Å². The lowest BCUT2D eigenvalue weighted by molar-refractivity contribution is 0.405. The van der Waals surface area contributed by atoms with Crippen molar-refractivity contribution in [2.75, 3.05) is 12.8 Å². The summed E-state index contributed by atoms with van der Waals surface area (Å²) in [6.45, 7) is 8.86. The van der Waals surface area contributed by atoms with E-state index in [0.717, 1.165) is 52.1 Å². The van der Waals surface area contributed by atoms with Crippen LogP contribution in [0, 0.1) is 20.8 Å². The lowest BCUT2D eigenvalue weighted by Crippen LogP contribution is -2.06. The fourth-order valence-corrected chi connectivity index (χ4v) is 3.45. The van der Waals surface area contributed by atoms with E-state index in [0.29, 0.717) is 12.5 Å². The molecule has 0 aliphatic heterocycles. The van der Waals surface area contributed by atoms with Crippen molar-refractivity contribution < 1.29 is 4.74 Å². The highest BCUT2D eigenvalue weighted by molar-refractivity contribution is 5.83. The van der Waals surface area contributed by atoms with Crippen molar-refractivity contribution in [1.29, 1.82) is 0 Å². The van der Waals surface area contributed by atoms with E-state index in [1.54, 1.807) is 7.11 Å². The Morgan fingerprint density at radius 3 is 2.56 bits per heavy atom. The van der Waals surface area contributed by atoms with Crippen molar-refractivity contribution in [2.24, 2.45) is 0 Å². The van der Waals surface area contributed by atoms with Gasteiger partial charge >= 0.3 is 0 Å². The maximum absolute atomic E-state index is 5.90. The zero-order chi connectivity index (χ0) is 18.1. The van der Waals surface area contributed by atoms with Crippen molar-refractivity contribution in [3.63, 3.8) is 0 Å². The van der Waals surface area contributed by atoms with Crippen molar-refractivity contribution in [2.45, 2.75) is 47.1 Å². The van der Waals surface area contributed by atoms with Crippen LogP contribution in [-0.2, 0) is 13.0 Å². The van der Waals surface area contributed by atoms with Crippen molar-refractivity contribution in [3.8, 4) is 5.75 Å². The summed E-state index contributed by atoms with van der Waals surface area (Å²) >= 11 is 0. The molecule has 0 saturated heterocycles. The number of nitrogen functional groups attached to an aromatic ring is 1. The van der Waals surface area contributed by atoms with E-state index in [2.05, 4.69) is 39.6 Å². The number of ether oxygens (including phenoxy) is 1. The van der Waals surface area contributed by atoms with Gasteiger partial charge in [-0.15, -0.1) is 0 Å². The second-order valence-corrected chi connectivity index (χ2v) is 6.43. The Kier molecular flexibility index (Phi) is 4.61. The SMILES string of the molecule is CCCc1cn(Cc2cnc(C)c(OC)c2C)c2nc(N)nc(C)c12. The fourth-order valence-electron chi connectivity index (χ4n) is 3.45. The van der Waals surface area contributed by atoms with E-state index in [1.807, 2.05) is 20.0 Å². The highest BCUT2D eigenvalue weighted by atomic mass is 16.5. The molecule has 25 heavy (non-hydrogen) atoms. The summed E-state index contributed by atoms with van der Waals surface area (Å²) in [6, 6.07) is 0. The molecule has 0 aliphatic rings. The summed E-state index contributed by atoms with van der Waals surface area (Å²) in [7, 11) is 1.68. The first-order valence-corrected chi connectivity index (χ1v) is 8.57. The number of nitrogens with zero attached hydrogens (tertiary/aromatic N) is 4. The van der Waals surface area contributed by atoms with Crippen molar-refractivity contribution in [1.82, 2.24) is 19.5 Å². The van der Waals surface area contributed by atoms with Gasteiger partial charge in [-0.25, -0.2) is 4.98 Å². The number of hydrogen-bond donors (Lipinski definition) is 1. The number of fused-ring (bicyclic) bond motifs is 1. The molecule has 0 aromatic carbocycles. The summed E-state index contributed by atoms with van der Waals surface area (Å²) < 4.78 is 7.65. The highest BCUT2D eigenvalue weighted by Gasteiger charge is 2.16. The molecule has 6 nitrogen and oxygen atoms in total. The Bertz CT molecular complexity index is 929. The average Bonchev–Trinajstić information content (AvgIpc) is 2.89. The summed E-state index contributed by atoms with van der Waals surface area (Å²) in [6.07, 6.45) is 6.14. The molecule has 2 N–H and O–H groups in total. The first-order chi connectivity index (χ1) is 12.0. The minimum absolute atomic E-state index is 0.309. The van der Waals surface area contributed by atoms with Gasteiger partial charge in [0.05, 0.1) is 25.0 Å². The molecule has 0 spiro atoms. The Hall–Kier alpha value is -2.63. The van der Waals surface area contributed by atoms with Gasteiger partial charge in [0.15, 0.2) is 0 Å². The minimum Gasteiger partial charge on any atom is -0.495 e. The second-order valence-electron chi connectivity index (χ2n) is 6.43. The largest absolute Gasteiger partial charge is 0.495 e. The van der Waals surface area contributed by atoms with Crippen LogP contribution in [0.4, 0.5) is 5.95 Å². The molecular formula is C19H25N5O. The molecule has 6 heteroatoms. The molecule has 0 saturated carbocycles. The van der Waals surface area contributed by atoms with Gasteiger partial charge in [-0.3, -0.25) is 4.98 Å². The summed E-state index contributed by atoms with van der Waals surface area (Å²) in [5, 5.41) is 1.11. The van der Waals surface area contributed by atoms with Crippen LogP contribution < -0.4 is 10.5 Å². The number of aromatic nitrogens is 4. The maximum atomic E-state index is 5.90. The zero-order valence-electron chi connectivity index (χ0n) is 15.6. The Balaban J connectivity index is 2.14. The average molecular weight is 339 g/mol. The Morgan fingerprint density at radius 1 is 1.12 bits per heavy atom. The first-order valence-electron chi connectivity index (χ1n) is 8.57. The number of nitrogens with two attached hydrogens (primary N) is 1. The molecule has 0 unspecified atom stereocenters. The minimum atomic E-state index is 0.309. The molecule has 0 fully saturated rings. The normalized spacial score (nSPS) is 11.2. The summed E-state index contributed by atoms with van der Waals surface area (Å²) in [5.41, 5.74) is 12.1. The summed E-state index contributed by atoms with van der Waals surface area (Å²) in [4.78, 5) is 13.3. The summed E-state index contributed by atoms with van der Waals surface area (Å²) in [5.74, 6) is 1.15. The lowest BCUT2D eigenvalue weighted by atomic mass is 10.1. The zero-order valence-corrected chi connectivity index (χ0v) is 15.6. The first kappa shape index (κ1) is 17.2. The number of pyridine rings is 1. The van der Waals surface area contributed by atoms with Gasteiger partial charge in [0.1, 0.15) is 11.4 Å². The van der Waals surface area contributed by atoms with Crippen LogP contribution in [0.3, 0.4) is 0 Å². The van der Waals surface area contributed by atoms with E-state index in [9.17, 15) is 0 Å². The molecule has 0 bridgehead atoms. The molecule has 3 aromatic rings. The third-order valence-corrected chi connectivity index (χ3v) is 4.62. The van der Waals surface area contributed by atoms with Crippen LogP contribution >= 0.6 is 0 Å². The molecule has 3 aromatic heterocycles. The van der Waals surface area contributed by atoms with Crippen LogP contribution in [0.5, 0.6) is 5.75 Å². The van der Waals surface area contributed by atoms with Gasteiger partial charge in [0.2, 0.25) is 5.95 Å². The molecule has 3 heterocycles. The molecule has 0 aliphatic carbocycles. The predicted molar refractivity (Wildman–Crippen MR) is 100 cm³/mol. The molecular weight excluding hydrogens is 314 g/mol. The van der Waals surface area contributed by atoms with Crippen LogP contribution in [0.2, 0.25) is 0 Å². The van der Waals surface area contributed by atoms with Gasteiger partial charge in [-0.2, -0.15) is 4.98 Å². The predicted octanol–water partition coefficient (Wildman–Crippen LogP) is 3.34. The van der Waals surface area contributed by atoms with Gasteiger partial charge in [0, 0.05) is 17.8 Å². The van der Waals surface area contributed by atoms with Gasteiger partial charge in [-0.05, 0) is 43.9 Å². The number of anilines is 1. The number of methoxy groups -OCH3 is 1. The molecule has 3 rings (SSSR count). The molecule has 0 atom stereocenters. The monoisotopic (exact) mass is 339 g/mol. The number of rotatable bonds is 5. The lowest BCUT2D eigenvalue weighted by Gasteiger charge is -2.13. The van der Waals surface area contributed by atoms with Crippen LogP contribution in [0.1, 0.15) is 41.4 Å². The van der Waals surface area contributed by atoms with E-state index >= 15 is 0 Å². The van der Waals surface area contributed by atoms with Gasteiger partial charge in [-0.1, -0.05) is 13.3 Å². The highest BCUT2D eigenvalue weighted by Crippen LogP contribution is 2.28. The Morgan fingerprint density at radius 2 is 1.88 bits per heavy atom. The quantitative estimate of drug-likeness (QED) is 0.771. The molecule has 0 amide bonds. The fraction of sp³-hybridized carbons (Fsp3) is 0.421. The van der Waals surface area contributed by atoms with Crippen LogP contribution in [0.15, 0.2) is 12.4 Å². The third kappa shape index (κ3) is 3.04. The second kappa shape index (κ2) is 6.70. The van der Waals surface area contributed by atoms with Crippen LogP contribution in [0.25, 0.3) is 11.0 Å². The maximum Gasteiger partial charge on any atom is 0.222 e. The van der Waals surface area contributed by atoms with Crippen molar-refractivity contribution in [3.05, 3.63) is 40.5 Å². The van der Waals surface area contributed by atoms with Gasteiger partial charge < -0.3 is 15.0 Å². The van der Waals surface area contributed by atoms with E-state index in [-0.39, 0.29) is 0 Å². The molecule has 132 valence electrons. The number of hydrogen-bond acceptors (Lipinski definition) is 5. The standard InChI is InChI=1S/C19H25N5O/c1-6-7-14-9-24(18-16(14)12(3)22-19(20)23-18)10-15-8-21-13(4)17(25-5)11(15)2/h8-9H,6-7,10H2,1-5H3,(H2,20,22,23). The van der Waals surface area contributed by atoms with Gasteiger partial charge in [0.25, 0.3) is 0 Å². The topological polar surface area (TPSA) is 78.8 Å². The van der Waals surface area contributed by atoms with Crippen LogP contribution in [-0.4, -0.2) is 26.6 Å². The third-order valence-electron chi connectivity index (χ3n) is 4.62.